The molecular formula is C17H23N3O5S. The third-order valence-corrected chi connectivity index (χ3v) is 6.35. The Morgan fingerprint density at radius 2 is 1.96 bits per heavy atom. The number of aryl methyl sites for hydroxylation is 2. The number of ether oxygens (including phenoxy) is 1. The summed E-state index contributed by atoms with van der Waals surface area (Å²) in [4.78, 5) is 12.6. The first-order chi connectivity index (χ1) is 12.3. The zero-order valence-corrected chi connectivity index (χ0v) is 16.0. The molecule has 1 saturated heterocycles. The number of nitrogens with zero attached hydrogens (tertiary/aromatic N) is 3. The number of carbonyl (C=O) groups is 1. The van der Waals surface area contributed by atoms with Gasteiger partial charge in [-0.05, 0) is 32.8 Å². The van der Waals surface area contributed by atoms with Gasteiger partial charge in [0.15, 0.2) is 0 Å². The van der Waals surface area contributed by atoms with Crippen molar-refractivity contribution < 1.29 is 22.5 Å². The van der Waals surface area contributed by atoms with Crippen molar-refractivity contribution in [1.29, 1.82) is 0 Å². The van der Waals surface area contributed by atoms with E-state index in [2.05, 4.69) is 5.16 Å². The van der Waals surface area contributed by atoms with Gasteiger partial charge in [0.05, 0.1) is 0 Å². The van der Waals surface area contributed by atoms with Crippen LogP contribution in [0.5, 0.6) is 0 Å². The summed E-state index contributed by atoms with van der Waals surface area (Å²) in [6.07, 6.45) is 3.60. The zero-order valence-electron chi connectivity index (χ0n) is 15.1. The van der Waals surface area contributed by atoms with E-state index in [0.29, 0.717) is 24.5 Å². The average molecular weight is 381 g/mol. The minimum atomic E-state index is -3.60. The van der Waals surface area contributed by atoms with Gasteiger partial charge in [-0.2, -0.15) is 4.31 Å². The minimum Gasteiger partial charge on any atom is -0.451 e. The van der Waals surface area contributed by atoms with Crippen LogP contribution < -0.4 is 0 Å². The summed E-state index contributed by atoms with van der Waals surface area (Å²) in [5.74, 6) is 0.0115. The van der Waals surface area contributed by atoms with Crippen molar-refractivity contribution in [2.24, 2.45) is 7.05 Å². The molecule has 2 aromatic heterocycles. The Labute approximate surface area is 152 Å². The molecule has 0 bridgehead atoms. The number of esters is 1. The molecular weight excluding hydrogens is 358 g/mol. The van der Waals surface area contributed by atoms with Gasteiger partial charge in [0.2, 0.25) is 10.0 Å². The first-order valence-corrected chi connectivity index (χ1v) is 10.0. The topological polar surface area (TPSA) is 94.6 Å². The molecule has 9 heteroatoms. The van der Waals surface area contributed by atoms with Gasteiger partial charge in [-0.25, -0.2) is 13.2 Å². The Bertz CT molecular complexity index is 893. The average Bonchev–Trinajstić information content (AvgIpc) is 3.22. The number of piperidine rings is 1. The summed E-state index contributed by atoms with van der Waals surface area (Å²) in [6, 6.07) is 3.06. The maximum absolute atomic E-state index is 12.8. The van der Waals surface area contributed by atoms with E-state index in [-0.39, 0.29) is 10.6 Å². The van der Waals surface area contributed by atoms with Crippen LogP contribution in [0, 0.1) is 6.92 Å². The van der Waals surface area contributed by atoms with Crippen molar-refractivity contribution in [3.05, 3.63) is 35.5 Å². The van der Waals surface area contributed by atoms with E-state index in [9.17, 15) is 13.2 Å². The Morgan fingerprint density at radius 3 is 2.58 bits per heavy atom. The number of rotatable bonds is 5. The van der Waals surface area contributed by atoms with E-state index in [4.69, 9.17) is 9.26 Å². The first kappa shape index (κ1) is 18.7. The van der Waals surface area contributed by atoms with Crippen molar-refractivity contribution in [2.75, 3.05) is 13.1 Å². The van der Waals surface area contributed by atoms with E-state index >= 15 is 0 Å². The van der Waals surface area contributed by atoms with Crippen molar-refractivity contribution >= 4 is 16.0 Å². The first-order valence-electron chi connectivity index (χ1n) is 8.60. The molecule has 3 rings (SSSR count). The van der Waals surface area contributed by atoms with Crippen molar-refractivity contribution in [2.45, 2.75) is 44.1 Å². The number of aromatic nitrogens is 2. The molecule has 142 valence electrons. The van der Waals surface area contributed by atoms with Gasteiger partial charge in [0.1, 0.15) is 28.1 Å². The molecule has 0 N–H and O–H groups in total. The fourth-order valence-electron chi connectivity index (χ4n) is 2.99. The van der Waals surface area contributed by atoms with Gasteiger partial charge < -0.3 is 13.8 Å². The molecule has 1 fully saturated rings. The fourth-order valence-corrected chi connectivity index (χ4v) is 4.58. The van der Waals surface area contributed by atoms with E-state index < -0.39 is 22.1 Å². The number of sulfonamides is 1. The lowest BCUT2D eigenvalue weighted by atomic mass is 10.2. The SMILES string of the molecule is Cc1cc([C@@H](C)OC(=O)c2cc(S(=O)(=O)N3CCCCC3)cn2C)no1. The lowest BCUT2D eigenvalue weighted by Gasteiger charge is -2.25. The lowest BCUT2D eigenvalue weighted by molar-refractivity contribution is 0.0312. The van der Waals surface area contributed by atoms with Crippen LogP contribution in [0.1, 0.15) is 54.2 Å². The molecule has 2 aromatic rings. The molecule has 26 heavy (non-hydrogen) atoms. The summed E-state index contributed by atoms with van der Waals surface area (Å²) < 4.78 is 38.8. The smallest absolute Gasteiger partial charge is 0.355 e. The van der Waals surface area contributed by atoms with Gasteiger partial charge >= 0.3 is 5.97 Å². The van der Waals surface area contributed by atoms with Crippen LogP contribution in [0.25, 0.3) is 0 Å². The molecule has 0 radical (unpaired) electrons. The summed E-state index contributed by atoms with van der Waals surface area (Å²) in [6.45, 7) is 4.46. The molecule has 3 heterocycles. The molecule has 1 aliphatic rings. The molecule has 0 aromatic carbocycles. The Morgan fingerprint density at radius 1 is 1.27 bits per heavy atom. The molecule has 0 aliphatic carbocycles. The maximum Gasteiger partial charge on any atom is 0.355 e. The van der Waals surface area contributed by atoms with Crippen molar-refractivity contribution in [1.82, 2.24) is 14.0 Å². The van der Waals surface area contributed by atoms with Crippen LogP contribution in [-0.2, 0) is 21.8 Å². The lowest BCUT2D eigenvalue weighted by Crippen LogP contribution is -2.35. The Kier molecular flexibility index (Phi) is 5.19. The van der Waals surface area contributed by atoms with Crippen LogP contribution >= 0.6 is 0 Å². The number of hydrogen-bond donors (Lipinski definition) is 0. The van der Waals surface area contributed by atoms with Gasteiger partial charge in [-0.3, -0.25) is 0 Å². The number of carbonyl (C=O) groups excluding carboxylic acids is 1. The Hall–Kier alpha value is -2.13. The predicted octanol–water partition coefficient (Wildman–Crippen LogP) is 2.41. The minimum absolute atomic E-state index is 0.110. The van der Waals surface area contributed by atoms with Gasteiger partial charge in [-0.15, -0.1) is 0 Å². The second kappa shape index (κ2) is 7.24. The van der Waals surface area contributed by atoms with E-state index in [1.807, 2.05) is 0 Å². The predicted molar refractivity (Wildman–Crippen MR) is 93.1 cm³/mol. The van der Waals surface area contributed by atoms with E-state index in [0.717, 1.165) is 19.3 Å². The quantitative estimate of drug-likeness (QED) is 0.738. The van der Waals surface area contributed by atoms with E-state index in [1.165, 1.54) is 21.1 Å². The Balaban J connectivity index is 1.78. The fraction of sp³-hybridized carbons (Fsp3) is 0.529. The summed E-state index contributed by atoms with van der Waals surface area (Å²) in [7, 11) is -1.98. The van der Waals surface area contributed by atoms with Crippen LogP contribution in [0.4, 0.5) is 0 Å². The number of hydrogen-bond acceptors (Lipinski definition) is 6. The second-order valence-corrected chi connectivity index (χ2v) is 8.48. The van der Waals surface area contributed by atoms with Crippen LogP contribution in [0.2, 0.25) is 0 Å². The van der Waals surface area contributed by atoms with Crippen LogP contribution in [0.3, 0.4) is 0 Å². The normalized spacial score (nSPS) is 17.2. The van der Waals surface area contributed by atoms with E-state index in [1.54, 1.807) is 27.0 Å². The molecule has 0 amide bonds. The standard InChI is InChI=1S/C17H23N3O5S/c1-12-9-15(18-25-12)13(2)24-17(21)16-10-14(11-19(16)3)26(22,23)20-7-5-4-6-8-20/h9-11,13H,4-8H2,1-3H3/t13-/m1/s1. The molecule has 1 atom stereocenters. The highest BCUT2D eigenvalue weighted by atomic mass is 32.2. The zero-order chi connectivity index (χ0) is 18.9. The molecule has 0 unspecified atom stereocenters. The molecule has 0 spiro atoms. The third-order valence-electron chi connectivity index (χ3n) is 4.49. The largest absolute Gasteiger partial charge is 0.451 e. The molecule has 1 aliphatic heterocycles. The van der Waals surface area contributed by atoms with Gasteiger partial charge in [0.25, 0.3) is 0 Å². The highest BCUT2D eigenvalue weighted by Crippen LogP contribution is 2.24. The molecule has 8 nitrogen and oxygen atoms in total. The second-order valence-electron chi connectivity index (χ2n) is 6.55. The summed E-state index contributed by atoms with van der Waals surface area (Å²) in [5.41, 5.74) is 0.680. The van der Waals surface area contributed by atoms with Crippen LogP contribution in [0.15, 0.2) is 27.7 Å². The summed E-state index contributed by atoms with van der Waals surface area (Å²) >= 11 is 0. The highest BCUT2D eigenvalue weighted by molar-refractivity contribution is 7.89. The third kappa shape index (κ3) is 3.68. The highest BCUT2D eigenvalue weighted by Gasteiger charge is 2.29. The van der Waals surface area contributed by atoms with Crippen molar-refractivity contribution in [3.63, 3.8) is 0 Å². The van der Waals surface area contributed by atoms with Crippen LogP contribution in [-0.4, -0.2) is 41.5 Å². The summed E-state index contributed by atoms with van der Waals surface area (Å²) in [5, 5.41) is 3.83. The van der Waals surface area contributed by atoms with Gasteiger partial charge in [-0.1, -0.05) is 11.6 Å². The molecule has 0 saturated carbocycles. The monoisotopic (exact) mass is 381 g/mol. The van der Waals surface area contributed by atoms with Gasteiger partial charge in [0, 0.05) is 32.4 Å². The van der Waals surface area contributed by atoms with Crippen molar-refractivity contribution in [3.8, 4) is 0 Å². The maximum atomic E-state index is 12.8.